The molecule has 1 saturated heterocycles. The third-order valence-corrected chi connectivity index (χ3v) is 6.48. The second-order valence-electron chi connectivity index (χ2n) is 7.54. The van der Waals surface area contributed by atoms with Gasteiger partial charge in [-0.05, 0) is 38.0 Å². The van der Waals surface area contributed by atoms with Gasteiger partial charge in [0.15, 0.2) is 6.61 Å². The van der Waals surface area contributed by atoms with Gasteiger partial charge in [0.25, 0.3) is 0 Å². The van der Waals surface area contributed by atoms with E-state index in [1.807, 2.05) is 42.2 Å². The molecule has 7 heteroatoms. The molecule has 2 aromatic carbocycles. The van der Waals surface area contributed by atoms with E-state index in [0.717, 1.165) is 42.5 Å². The monoisotopic (exact) mass is 436 g/mol. The van der Waals surface area contributed by atoms with Gasteiger partial charge >= 0.3 is 5.97 Å². The van der Waals surface area contributed by atoms with Crippen molar-refractivity contribution in [3.63, 3.8) is 0 Å². The minimum absolute atomic E-state index is 0.0793. The highest BCUT2D eigenvalue weighted by molar-refractivity contribution is 8.00. The highest BCUT2D eigenvalue weighted by Gasteiger charge is 2.21. The molecule has 0 unspecified atom stereocenters. The summed E-state index contributed by atoms with van der Waals surface area (Å²) in [6.45, 7) is 3.10. The SMILES string of the molecule is Cc1[nH]c2ccccc2c1C(=O)COC(=O)c1ccccc1SCC(=O)N1CCCC1. The van der Waals surface area contributed by atoms with E-state index in [9.17, 15) is 14.4 Å². The van der Waals surface area contributed by atoms with Crippen LogP contribution in [0.2, 0.25) is 0 Å². The Bertz CT molecular complexity index is 1130. The molecule has 1 aliphatic heterocycles. The minimum Gasteiger partial charge on any atom is -0.454 e. The summed E-state index contributed by atoms with van der Waals surface area (Å²) in [7, 11) is 0. The molecule has 1 fully saturated rings. The number of Topliss-reactive ketones (excluding diaryl/α,β-unsaturated/α-hetero) is 1. The molecular weight excluding hydrogens is 412 g/mol. The van der Waals surface area contributed by atoms with Crippen LogP contribution < -0.4 is 0 Å². The van der Waals surface area contributed by atoms with Crippen LogP contribution in [0.5, 0.6) is 0 Å². The fourth-order valence-electron chi connectivity index (χ4n) is 3.88. The zero-order chi connectivity index (χ0) is 21.8. The summed E-state index contributed by atoms with van der Waals surface area (Å²) in [6, 6.07) is 14.6. The molecule has 1 aliphatic rings. The van der Waals surface area contributed by atoms with Gasteiger partial charge in [0.05, 0.1) is 11.3 Å². The van der Waals surface area contributed by atoms with Crippen molar-refractivity contribution in [3.05, 3.63) is 65.4 Å². The van der Waals surface area contributed by atoms with Crippen molar-refractivity contribution in [3.8, 4) is 0 Å². The Labute approximate surface area is 185 Å². The van der Waals surface area contributed by atoms with Crippen molar-refractivity contribution in [2.24, 2.45) is 0 Å². The van der Waals surface area contributed by atoms with Crippen LogP contribution in [0.15, 0.2) is 53.4 Å². The van der Waals surface area contributed by atoms with Crippen LogP contribution in [-0.4, -0.2) is 53.0 Å². The van der Waals surface area contributed by atoms with Crippen LogP contribution in [0.3, 0.4) is 0 Å². The number of benzene rings is 2. The summed E-state index contributed by atoms with van der Waals surface area (Å²) in [5.74, 6) is -0.464. The number of carbonyl (C=O) groups is 3. The fourth-order valence-corrected chi connectivity index (χ4v) is 4.82. The van der Waals surface area contributed by atoms with Gasteiger partial charge in [-0.2, -0.15) is 0 Å². The van der Waals surface area contributed by atoms with Crippen LogP contribution in [0, 0.1) is 6.92 Å². The Hall–Kier alpha value is -3.06. The lowest BCUT2D eigenvalue weighted by Crippen LogP contribution is -2.29. The third-order valence-electron chi connectivity index (χ3n) is 5.42. The van der Waals surface area contributed by atoms with Gasteiger partial charge in [-0.25, -0.2) is 4.79 Å². The number of hydrogen-bond donors (Lipinski definition) is 1. The molecule has 3 aromatic rings. The maximum Gasteiger partial charge on any atom is 0.339 e. The van der Waals surface area contributed by atoms with Crippen molar-refractivity contribution >= 4 is 40.3 Å². The average Bonchev–Trinajstić information content (AvgIpc) is 3.43. The lowest BCUT2D eigenvalue weighted by molar-refractivity contribution is -0.127. The Balaban J connectivity index is 1.41. The predicted octanol–water partition coefficient (Wildman–Crippen LogP) is 4.23. The number of rotatable bonds is 7. The summed E-state index contributed by atoms with van der Waals surface area (Å²) >= 11 is 1.32. The molecular formula is C24H24N2O4S. The first-order valence-electron chi connectivity index (χ1n) is 10.3. The zero-order valence-corrected chi connectivity index (χ0v) is 18.2. The molecule has 0 atom stereocenters. The smallest absolute Gasteiger partial charge is 0.339 e. The average molecular weight is 437 g/mol. The van der Waals surface area contributed by atoms with Gasteiger partial charge in [-0.15, -0.1) is 11.8 Å². The molecule has 1 aromatic heterocycles. The number of aromatic nitrogens is 1. The maximum absolute atomic E-state index is 12.8. The number of H-pyrrole nitrogens is 1. The normalized spacial score (nSPS) is 13.5. The summed E-state index contributed by atoms with van der Waals surface area (Å²) in [5.41, 5.74) is 2.53. The summed E-state index contributed by atoms with van der Waals surface area (Å²) < 4.78 is 5.35. The van der Waals surface area contributed by atoms with Gasteiger partial charge in [0.2, 0.25) is 11.7 Å². The van der Waals surface area contributed by atoms with Gasteiger partial charge in [-0.1, -0.05) is 30.3 Å². The quantitative estimate of drug-likeness (QED) is 0.341. The Morgan fingerprint density at radius 2 is 1.74 bits per heavy atom. The summed E-state index contributed by atoms with van der Waals surface area (Å²) in [6.07, 6.45) is 2.09. The number of likely N-dealkylation sites (tertiary alicyclic amines) is 1. The van der Waals surface area contributed by atoms with Gasteiger partial charge in [0, 0.05) is 40.1 Å². The second kappa shape index (κ2) is 9.39. The number of para-hydroxylation sites is 1. The zero-order valence-electron chi connectivity index (χ0n) is 17.3. The number of ketones is 1. The Kier molecular flexibility index (Phi) is 6.42. The molecule has 4 rings (SSSR count). The molecule has 2 heterocycles. The molecule has 6 nitrogen and oxygen atoms in total. The van der Waals surface area contributed by atoms with Crippen molar-refractivity contribution in [1.82, 2.24) is 9.88 Å². The number of ether oxygens (including phenoxy) is 1. The van der Waals surface area contributed by atoms with E-state index >= 15 is 0 Å². The number of carbonyl (C=O) groups excluding carboxylic acids is 3. The number of aryl methyl sites for hydroxylation is 1. The van der Waals surface area contributed by atoms with Crippen LogP contribution in [-0.2, 0) is 9.53 Å². The van der Waals surface area contributed by atoms with Crippen LogP contribution >= 0.6 is 11.8 Å². The molecule has 160 valence electrons. The number of nitrogens with zero attached hydrogens (tertiary/aromatic N) is 1. The Morgan fingerprint density at radius 3 is 2.55 bits per heavy atom. The first-order chi connectivity index (χ1) is 15.0. The molecule has 0 bridgehead atoms. The lowest BCUT2D eigenvalue weighted by atomic mass is 10.1. The van der Waals surface area contributed by atoms with Gasteiger partial charge in [0.1, 0.15) is 0 Å². The molecule has 0 spiro atoms. The fraction of sp³-hybridized carbons (Fsp3) is 0.292. The van der Waals surface area contributed by atoms with Crippen LogP contribution in [0.25, 0.3) is 10.9 Å². The number of thioether (sulfide) groups is 1. The number of aromatic amines is 1. The highest BCUT2D eigenvalue weighted by Crippen LogP contribution is 2.25. The molecule has 0 aliphatic carbocycles. The first-order valence-corrected chi connectivity index (χ1v) is 11.3. The highest BCUT2D eigenvalue weighted by atomic mass is 32.2. The van der Waals surface area contributed by atoms with Crippen molar-refractivity contribution in [1.29, 1.82) is 0 Å². The van der Waals surface area contributed by atoms with E-state index in [2.05, 4.69) is 4.98 Å². The Morgan fingerprint density at radius 1 is 1.03 bits per heavy atom. The molecule has 0 radical (unpaired) electrons. The van der Waals surface area contributed by atoms with Crippen LogP contribution in [0.1, 0.15) is 39.3 Å². The van der Waals surface area contributed by atoms with Crippen molar-refractivity contribution < 1.29 is 19.1 Å². The number of fused-ring (bicyclic) bond motifs is 1. The van der Waals surface area contributed by atoms with Crippen molar-refractivity contribution in [2.75, 3.05) is 25.4 Å². The van der Waals surface area contributed by atoms with Gasteiger partial charge in [-0.3, -0.25) is 9.59 Å². The first kappa shape index (κ1) is 21.2. The minimum atomic E-state index is -0.567. The number of hydrogen-bond acceptors (Lipinski definition) is 5. The second-order valence-corrected chi connectivity index (χ2v) is 8.56. The van der Waals surface area contributed by atoms with E-state index in [1.165, 1.54) is 11.8 Å². The number of esters is 1. The number of nitrogens with one attached hydrogen (secondary N) is 1. The van der Waals surface area contributed by atoms with Gasteiger partial charge < -0.3 is 14.6 Å². The van der Waals surface area contributed by atoms with E-state index in [0.29, 0.717) is 16.0 Å². The summed E-state index contributed by atoms with van der Waals surface area (Å²) in [4.78, 5) is 43.5. The lowest BCUT2D eigenvalue weighted by Gasteiger charge is -2.15. The maximum atomic E-state index is 12.8. The largest absolute Gasteiger partial charge is 0.454 e. The molecule has 0 saturated carbocycles. The van der Waals surface area contributed by atoms with E-state index in [-0.39, 0.29) is 24.1 Å². The summed E-state index contributed by atoms with van der Waals surface area (Å²) in [5, 5.41) is 0.817. The van der Waals surface area contributed by atoms with E-state index in [4.69, 9.17) is 4.74 Å². The molecule has 1 amide bonds. The van der Waals surface area contributed by atoms with E-state index < -0.39 is 5.97 Å². The topological polar surface area (TPSA) is 79.5 Å². The third kappa shape index (κ3) is 4.66. The number of amides is 1. The standard InChI is InChI=1S/C24H24N2O4S/c1-16-23(17-8-2-4-10-19(17)25-16)20(27)14-30-24(29)18-9-3-5-11-21(18)31-15-22(28)26-12-6-7-13-26/h2-5,8-11,25H,6-7,12-15H2,1H3. The van der Waals surface area contributed by atoms with Crippen molar-refractivity contribution in [2.45, 2.75) is 24.7 Å². The van der Waals surface area contributed by atoms with E-state index in [1.54, 1.807) is 18.2 Å². The molecule has 31 heavy (non-hydrogen) atoms. The molecule has 1 N–H and O–H groups in total. The predicted molar refractivity (Wildman–Crippen MR) is 121 cm³/mol. The van der Waals surface area contributed by atoms with Crippen LogP contribution in [0.4, 0.5) is 0 Å².